The van der Waals surface area contributed by atoms with Crippen LogP contribution in [-0.2, 0) is 16.0 Å². The highest BCUT2D eigenvalue weighted by Gasteiger charge is 2.23. The summed E-state index contributed by atoms with van der Waals surface area (Å²) in [5.41, 5.74) is 0.894. The van der Waals surface area contributed by atoms with Gasteiger partial charge in [-0.3, -0.25) is 4.79 Å². The van der Waals surface area contributed by atoms with Crippen LogP contribution in [0.4, 0.5) is 0 Å². The Balaban J connectivity index is 1.84. The highest BCUT2D eigenvalue weighted by Crippen LogP contribution is 2.17. The molecule has 1 atom stereocenters. The number of rotatable bonds is 7. The number of carbonyl (C=O) groups excluding carboxylic acids is 1. The first-order chi connectivity index (χ1) is 9.15. The molecule has 1 aromatic carbocycles. The van der Waals surface area contributed by atoms with Gasteiger partial charge in [0.15, 0.2) is 0 Å². The van der Waals surface area contributed by atoms with Crippen LogP contribution < -0.4 is 10.6 Å². The van der Waals surface area contributed by atoms with Crippen LogP contribution >= 0.6 is 0 Å². The zero-order valence-electron chi connectivity index (χ0n) is 10.6. The lowest BCUT2D eigenvalue weighted by Gasteiger charge is -2.14. The number of amides is 1. The Morgan fingerprint density at radius 1 is 1.26 bits per heavy atom. The third kappa shape index (κ3) is 4.71. The standard InChI is InChI=1S/C14H18N2O3/c17-13(9-15-11-6-7-11)16-12(14(18)19)8-10-4-2-1-3-5-10/h1-5,11-12,15H,6-9H2,(H,16,17)(H,18,19)/t12-/m1/s1. The molecular weight excluding hydrogens is 244 g/mol. The molecule has 1 amide bonds. The molecule has 5 nitrogen and oxygen atoms in total. The number of benzene rings is 1. The van der Waals surface area contributed by atoms with Crippen LogP contribution in [0, 0.1) is 0 Å². The molecule has 1 saturated carbocycles. The Morgan fingerprint density at radius 2 is 1.95 bits per heavy atom. The molecule has 102 valence electrons. The summed E-state index contributed by atoms with van der Waals surface area (Å²) in [4.78, 5) is 22.8. The Labute approximate surface area is 112 Å². The van der Waals surface area contributed by atoms with Gasteiger partial charge in [0, 0.05) is 12.5 Å². The van der Waals surface area contributed by atoms with Crippen LogP contribution in [0.25, 0.3) is 0 Å². The molecular formula is C14H18N2O3. The van der Waals surface area contributed by atoms with Gasteiger partial charge in [-0.15, -0.1) is 0 Å². The van der Waals surface area contributed by atoms with E-state index in [1.807, 2.05) is 30.3 Å². The monoisotopic (exact) mass is 262 g/mol. The second-order valence-corrected chi connectivity index (χ2v) is 4.80. The molecule has 19 heavy (non-hydrogen) atoms. The fourth-order valence-electron chi connectivity index (χ4n) is 1.82. The maximum absolute atomic E-state index is 11.6. The number of nitrogens with one attached hydrogen (secondary N) is 2. The van der Waals surface area contributed by atoms with Gasteiger partial charge in [-0.2, -0.15) is 0 Å². The van der Waals surface area contributed by atoms with Crippen molar-refractivity contribution < 1.29 is 14.7 Å². The van der Waals surface area contributed by atoms with Crippen LogP contribution in [0.3, 0.4) is 0 Å². The Hall–Kier alpha value is -1.88. The minimum absolute atomic E-state index is 0.184. The van der Waals surface area contributed by atoms with Crippen LogP contribution in [0.15, 0.2) is 30.3 Å². The average Bonchev–Trinajstić information content (AvgIpc) is 3.21. The highest BCUT2D eigenvalue weighted by molar-refractivity contribution is 5.84. The molecule has 0 aromatic heterocycles. The van der Waals surface area contributed by atoms with E-state index in [1.54, 1.807) is 0 Å². The molecule has 0 bridgehead atoms. The van der Waals surface area contributed by atoms with Crippen molar-refractivity contribution >= 4 is 11.9 Å². The maximum Gasteiger partial charge on any atom is 0.326 e. The molecule has 0 spiro atoms. The van der Waals surface area contributed by atoms with E-state index in [0.717, 1.165) is 18.4 Å². The van der Waals surface area contributed by atoms with Gasteiger partial charge in [0.1, 0.15) is 6.04 Å². The molecule has 0 radical (unpaired) electrons. The number of hydrogen-bond acceptors (Lipinski definition) is 3. The SMILES string of the molecule is O=C(CNC1CC1)N[C@H](Cc1ccccc1)C(=O)O. The Bertz CT molecular complexity index is 443. The summed E-state index contributed by atoms with van der Waals surface area (Å²) in [7, 11) is 0. The van der Waals surface area contributed by atoms with Gasteiger partial charge < -0.3 is 15.7 Å². The first-order valence-corrected chi connectivity index (χ1v) is 6.44. The highest BCUT2D eigenvalue weighted by atomic mass is 16.4. The van der Waals surface area contributed by atoms with Crippen molar-refractivity contribution in [3.05, 3.63) is 35.9 Å². The first kappa shape index (κ1) is 13.5. The number of carboxylic acids is 1. The normalized spacial score (nSPS) is 15.8. The lowest BCUT2D eigenvalue weighted by Crippen LogP contribution is -2.46. The van der Waals surface area contributed by atoms with Gasteiger partial charge in [-0.25, -0.2) is 4.79 Å². The van der Waals surface area contributed by atoms with Crippen molar-refractivity contribution in [2.45, 2.75) is 31.3 Å². The summed E-state index contributed by atoms with van der Waals surface area (Å²) >= 11 is 0. The second kappa shape index (κ2) is 6.33. The third-order valence-corrected chi connectivity index (χ3v) is 3.04. The van der Waals surface area contributed by atoms with Gasteiger partial charge in [0.05, 0.1) is 6.54 Å². The molecule has 3 N–H and O–H groups in total. The predicted octanol–water partition coefficient (Wildman–Crippen LogP) is 0.550. The maximum atomic E-state index is 11.6. The van der Waals surface area contributed by atoms with E-state index in [2.05, 4.69) is 10.6 Å². The van der Waals surface area contributed by atoms with Crippen LogP contribution in [0.1, 0.15) is 18.4 Å². The van der Waals surface area contributed by atoms with Crippen molar-refractivity contribution in [1.29, 1.82) is 0 Å². The van der Waals surface area contributed by atoms with Crippen molar-refractivity contribution in [3.8, 4) is 0 Å². The zero-order chi connectivity index (χ0) is 13.7. The van der Waals surface area contributed by atoms with Gasteiger partial charge in [0.25, 0.3) is 0 Å². The summed E-state index contributed by atoms with van der Waals surface area (Å²) in [6, 6.07) is 8.83. The summed E-state index contributed by atoms with van der Waals surface area (Å²) in [6.45, 7) is 0.184. The topological polar surface area (TPSA) is 78.4 Å². The minimum Gasteiger partial charge on any atom is -0.480 e. The van der Waals surface area contributed by atoms with E-state index >= 15 is 0 Å². The van der Waals surface area contributed by atoms with E-state index in [9.17, 15) is 9.59 Å². The van der Waals surface area contributed by atoms with Crippen LogP contribution in [-0.4, -0.2) is 35.6 Å². The molecule has 1 aliphatic carbocycles. The Kier molecular flexibility index (Phi) is 4.52. The van der Waals surface area contributed by atoms with E-state index < -0.39 is 12.0 Å². The van der Waals surface area contributed by atoms with Crippen LogP contribution in [0.5, 0.6) is 0 Å². The summed E-state index contributed by atoms with van der Waals surface area (Å²) < 4.78 is 0. The first-order valence-electron chi connectivity index (χ1n) is 6.44. The molecule has 1 aliphatic rings. The summed E-state index contributed by atoms with van der Waals surface area (Å²) in [5, 5.41) is 14.7. The molecule has 1 fully saturated rings. The van der Waals surface area contributed by atoms with E-state index in [-0.39, 0.29) is 12.5 Å². The fraction of sp³-hybridized carbons (Fsp3) is 0.429. The molecule has 2 rings (SSSR count). The van der Waals surface area contributed by atoms with E-state index in [1.165, 1.54) is 0 Å². The molecule has 1 aromatic rings. The predicted molar refractivity (Wildman–Crippen MR) is 70.7 cm³/mol. The van der Waals surface area contributed by atoms with Gasteiger partial charge in [0.2, 0.25) is 5.91 Å². The van der Waals surface area contributed by atoms with Crippen LogP contribution in [0.2, 0.25) is 0 Å². The number of aliphatic carboxylic acids is 1. The molecule has 0 aliphatic heterocycles. The van der Waals surface area contributed by atoms with Gasteiger partial charge in [-0.05, 0) is 18.4 Å². The lowest BCUT2D eigenvalue weighted by molar-refractivity contribution is -0.141. The fourth-order valence-corrected chi connectivity index (χ4v) is 1.82. The minimum atomic E-state index is -1.01. The largest absolute Gasteiger partial charge is 0.480 e. The third-order valence-electron chi connectivity index (χ3n) is 3.04. The zero-order valence-corrected chi connectivity index (χ0v) is 10.6. The number of carboxylic acid groups (broad SMARTS) is 1. The van der Waals surface area contributed by atoms with Gasteiger partial charge >= 0.3 is 5.97 Å². The molecule has 0 heterocycles. The summed E-state index contributed by atoms with van der Waals surface area (Å²) in [5.74, 6) is -1.28. The lowest BCUT2D eigenvalue weighted by atomic mass is 10.1. The Morgan fingerprint density at radius 3 is 2.53 bits per heavy atom. The van der Waals surface area contributed by atoms with Crippen molar-refractivity contribution in [1.82, 2.24) is 10.6 Å². The van der Waals surface area contributed by atoms with Gasteiger partial charge in [-0.1, -0.05) is 30.3 Å². The van der Waals surface area contributed by atoms with Crippen molar-refractivity contribution in [2.75, 3.05) is 6.54 Å². The smallest absolute Gasteiger partial charge is 0.326 e. The summed E-state index contributed by atoms with van der Waals surface area (Å²) in [6.07, 6.45) is 2.49. The average molecular weight is 262 g/mol. The second-order valence-electron chi connectivity index (χ2n) is 4.80. The van der Waals surface area contributed by atoms with E-state index in [4.69, 9.17) is 5.11 Å². The molecule has 5 heteroatoms. The quantitative estimate of drug-likeness (QED) is 0.670. The number of hydrogen-bond donors (Lipinski definition) is 3. The van der Waals surface area contributed by atoms with E-state index in [0.29, 0.717) is 12.5 Å². The van der Waals surface area contributed by atoms with Crippen molar-refractivity contribution in [3.63, 3.8) is 0 Å². The molecule has 0 unspecified atom stereocenters. The van der Waals surface area contributed by atoms with Crippen molar-refractivity contribution in [2.24, 2.45) is 0 Å². The number of carbonyl (C=O) groups is 2. The molecule has 0 saturated heterocycles.